The highest BCUT2D eigenvalue weighted by atomic mass is 16.2. The van der Waals surface area contributed by atoms with Crippen LogP contribution in [-0.2, 0) is 11.3 Å². The number of hydrogen-bond acceptors (Lipinski definition) is 4. The van der Waals surface area contributed by atoms with Gasteiger partial charge >= 0.3 is 0 Å². The van der Waals surface area contributed by atoms with Gasteiger partial charge in [-0.25, -0.2) is 4.68 Å². The fraction of sp³-hybridized carbons (Fsp3) is 0.500. The Bertz CT molecular complexity index is 232. The predicted molar refractivity (Wildman–Crippen MR) is 42.1 cm³/mol. The lowest BCUT2D eigenvalue weighted by molar-refractivity contribution is -0.121. The number of nitrogens with two attached hydrogens (primary N) is 1. The maximum absolute atomic E-state index is 11.0. The van der Waals surface area contributed by atoms with Crippen molar-refractivity contribution < 1.29 is 4.79 Å². The van der Waals surface area contributed by atoms with Crippen molar-refractivity contribution in [2.24, 2.45) is 5.73 Å². The SMILES string of the molecule is NCCNC(=O)Cn1ccnn1. The minimum atomic E-state index is -0.106. The largest absolute Gasteiger partial charge is 0.353 e. The van der Waals surface area contributed by atoms with Gasteiger partial charge in [-0.2, -0.15) is 0 Å². The van der Waals surface area contributed by atoms with Gasteiger partial charge in [-0.15, -0.1) is 5.10 Å². The Morgan fingerprint density at radius 3 is 3.08 bits per heavy atom. The molecule has 0 spiro atoms. The Kier molecular flexibility index (Phi) is 3.21. The summed E-state index contributed by atoms with van der Waals surface area (Å²) >= 11 is 0. The number of nitrogens with zero attached hydrogens (tertiary/aromatic N) is 3. The van der Waals surface area contributed by atoms with Crippen LogP contribution in [0.5, 0.6) is 0 Å². The Hall–Kier alpha value is -1.43. The molecule has 0 aromatic carbocycles. The quantitative estimate of drug-likeness (QED) is 0.565. The third-order valence-electron chi connectivity index (χ3n) is 1.24. The molecule has 0 fully saturated rings. The first-order valence-electron chi connectivity index (χ1n) is 3.64. The normalized spacial score (nSPS) is 9.75. The zero-order valence-electron chi connectivity index (χ0n) is 6.60. The Labute approximate surface area is 69.7 Å². The predicted octanol–water partition coefficient (Wildman–Crippen LogP) is -1.65. The lowest BCUT2D eigenvalue weighted by atomic mass is 10.5. The molecule has 1 aromatic rings. The first kappa shape index (κ1) is 8.66. The van der Waals surface area contributed by atoms with E-state index in [0.717, 1.165) is 0 Å². The molecule has 0 aliphatic carbocycles. The average Bonchev–Trinajstić information content (AvgIpc) is 2.53. The summed E-state index contributed by atoms with van der Waals surface area (Å²) in [5, 5.41) is 9.82. The lowest BCUT2D eigenvalue weighted by Gasteiger charge is -2.01. The summed E-state index contributed by atoms with van der Waals surface area (Å²) in [6, 6.07) is 0. The van der Waals surface area contributed by atoms with Gasteiger partial charge in [-0.1, -0.05) is 5.21 Å². The van der Waals surface area contributed by atoms with E-state index in [4.69, 9.17) is 5.73 Å². The van der Waals surface area contributed by atoms with E-state index < -0.39 is 0 Å². The van der Waals surface area contributed by atoms with Gasteiger partial charge in [-0.05, 0) is 0 Å². The zero-order chi connectivity index (χ0) is 8.81. The van der Waals surface area contributed by atoms with Crippen molar-refractivity contribution in [3.63, 3.8) is 0 Å². The molecular formula is C6H11N5O. The zero-order valence-corrected chi connectivity index (χ0v) is 6.60. The summed E-state index contributed by atoms with van der Waals surface area (Å²) in [6.07, 6.45) is 3.15. The molecule has 0 bridgehead atoms. The van der Waals surface area contributed by atoms with Crippen molar-refractivity contribution in [2.45, 2.75) is 6.54 Å². The first-order chi connectivity index (χ1) is 5.83. The lowest BCUT2D eigenvalue weighted by Crippen LogP contribution is -2.32. The molecule has 0 saturated carbocycles. The molecule has 66 valence electrons. The van der Waals surface area contributed by atoms with Crippen molar-refractivity contribution in [2.75, 3.05) is 13.1 Å². The molecule has 1 aromatic heterocycles. The first-order valence-corrected chi connectivity index (χ1v) is 3.64. The molecule has 1 amide bonds. The third kappa shape index (κ3) is 2.67. The number of carbonyl (C=O) groups is 1. The smallest absolute Gasteiger partial charge is 0.241 e. The van der Waals surface area contributed by atoms with Crippen molar-refractivity contribution in [1.29, 1.82) is 0 Å². The Balaban J connectivity index is 2.27. The molecule has 0 aliphatic heterocycles. The summed E-state index contributed by atoms with van der Waals surface area (Å²) in [5.41, 5.74) is 5.20. The minimum absolute atomic E-state index is 0.106. The Morgan fingerprint density at radius 2 is 2.50 bits per heavy atom. The molecule has 0 saturated heterocycles. The van der Waals surface area contributed by atoms with E-state index >= 15 is 0 Å². The van der Waals surface area contributed by atoms with E-state index in [1.807, 2.05) is 0 Å². The van der Waals surface area contributed by atoms with E-state index in [9.17, 15) is 4.79 Å². The van der Waals surface area contributed by atoms with Crippen LogP contribution in [0.3, 0.4) is 0 Å². The number of aromatic nitrogens is 3. The number of nitrogens with one attached hydrogen (secondary N) is 1. The Morgan fingerprint density at radius 1 is 1.67 bits per heavy atom. The van der Waals surface area contributed by atoms with Crippen molar-refractivity contribution >= 4 is 5.91 Å². The van der Waals surface area contributed by atoms with E-state index in [1.165, 1.54) is 10.9 Å². The number of rotatable bonds is 4. The maximum Gasteiger partial charge on any atom is 0.241 e. The van der Waals surface area contributed by atoms with Gasteiger partial charge in [-0.3, -0.25) is 4.79 Å². The number of carbonyl (C=O) groups excluding carboxylic acids is 1. The molecule has 1 rings (SSSR count). The van der Waals surface area contributed by atoms with Crippen LogP contribution in [0.4, 0.5) is 0 Å². The molecule has 0 radical (unpaired) electrons. The molecule has 6 heteroatoms. The molecular weight excluding hydrogens is 158 g/mol. The highest BCUT2D eigenvalue weighted by molar-refractivity contribution is 5.75. The highest BCUT2D eigenvalue weighted by Crippen LogP contribution is 1.79. The van der Waals surface area contributed by atoms with Gasteiger partial charge in [0, 0.05) is 19.3 Å². The van der Waals surface area contributed by atoms with Gasteiger partial charge in [0.2, 0.25) is 5.91 Å². The summed E-state index contributed by atoms with van der Waals surface area (Å²) in [4.78, 5) is 11.0. The van der Waals surface area contributed by atoms with Crippen LogP contribution >= 0.6 is 0 Å². The second kappa shape index (κ2) is 4.45. The van der Waals surface area contributed by atoms with Crippen LogP contribution in [0.1, 0.15) is 0 Å². The fourth-order valence-electron chi connectivity index (χ4n) is 0.732. The van der Waals surface area contributed by atoms with Crippen LogP contribution in [0.2, 0.25) is 0 Å². The van der Waals surface area contributed by atoms with E-state index in [2.05, 4.69) is 15.6 Å². The van der Waals surface area contributed by atoms with Gasteiger partial charge in [0.25, 0.3) is 0 Å². The van der Waals surface area contributed by atoms with Gasteiger partial charge < -0.3 is 11.1 Å². The van der Waals surface area contributed by atoms with E-state index in [0.29, 0.717) is 13.1 Å². The summed E-state index contributed by atoms with van der Waals surface area (Å²) in [5.74, 6) is -0.106. The van der Waals surface area contributed by atoms with E-state index in [1.54, 1.807) is 6.20 Å². The maximum atomic E-state index is 11.0. The van der Waals surface area contributed by atoms with Gasteiger partial charge in [0.15, 0.2) is 0 Å². The molecule has 1 heterocycles. The summed E-state index contributed by atoms with van der Waals surface area (Å²) in [7, 11) is 0. The minimum Gasteiger partial charge on any atom is -0.353 e. The van der Waals surface area contributed by atoms with Crippen LogP contribution < -0.4 is 11.1 Å². The van der Waals surface area contributed by atoms with Crippen molar-refractivity contribution in [3.8, 4) is 0 Å². The molecule has 3 N–H and O–H groups in total. The standard InChI is InChI=1S/C6H11N5O/c7-1-2-8-6(12)5-11-4-3-9-10-11/h3-4H,1-2,5,7H2,(H,8,12). The van der Waals surface area contributed by atoms with Gasteiger partial charge in [0.05, 0.1) is 6.20 Å². The number of hydrogen-bond donors (Lipinski definition) is 2. The fourth-order valence-corrected chi connectivity index (χ4v) is 0.732. The number of amides is 1. The van der Waals surface area contributed by atoms with Crippen molar-refractivity contribution in [3.05, 3.63) is 12.4 Å². The van der Waals surface area contributed by atoms with Crippen LogP contribution in [0.15, 0.2) is 12.4 Å². The average molecular weight is 169 g/mol. The highest BCUT2D eigenvalue weighted by Gasteiger charge is 2.00. The summed E-state index contributed by atoms with van der Waals surface area (Å²) in [6.45, 7) is 1.14. The second-order valence-corrected chi connectivity index (χ2v) is 2.24. The topological polar surface area (TPSA) is 85.8 Å². The monoisotopic (exact) mass is 169 g/mol. The van der Waals surface area contributed by atoms with Gasteiger partial charge in [0.1, 0.15) is 6.54 Å². The van der Waals surface area contributed by atoms with Crippen LogP contribution in [0, 0.1) is 0 Å². The van der Waals surface area contributed by atoms with Crippen molar-refractivity contribution in [1.82, 2.24) is 20.3 Å². The molecule has 6 nitrogen and oxygen atoms in total. The molecule has 0 aliphatic rings. The summed E-state index contributed by atoms with van der Waals surface area (Å²) < 4.78 is 1.45. The van der Waals surface area contributed by atoms with Crippen LogP contribution in [0.25, 0.3) is 0 Å². The third-order valence-corrected chi connectivity index (χ3v) is 1.24. The molecule has 0 unspecified atom stereocenters. The molecule has 0 atom stereocenters. The second-order valence-electron chi connectivity index (χ2n) is 2.24. The molecule has 12 heavy (non-hydrogen) atoms. The van der Waals surface area contributed by atoms with E-state index in [-0.39, 0.29) is 12.5 Å². The van der Waals surface area contributed by atoms with Crippen LogP contribution in [-0.4, -0.2) is 34.0 Å².